The molecule has 3 N–H and O–H groups in total. The number of nitrogen functional groups attached to an aromatic ring is 1. The van der Waals surface area contributed by atoms with Gasteiger partial charge in [0.25, 0.3) is 0 Å². The van der Waals surface area contributed by atoms with Crippen molar-refractivity contribution < 1.29 is 4.74 Å². The van der Waals surface area contributed by atoms with Crippen molar-refractivity contribution in [2.45, 2.75) is 6.92 Å². The summed E-state index contributed by atoms with van der Waals surface area (Å²) >= 11 is 12.1. The Balaban J connectivity index is 2.33. The standard InChI is InChI=1S/C14H14Cl2N2O/c1-2-19-13-5-3-4-11(14(13)17)18-12-8-9(15)6-7-10(12)16/h3-8,18H,2,17H2,1H3. The van der Waals surface area contributed by atoms with Gasteiger partial charge in [0.2, 0.25) is 0 Å². The second-order valence-corrected chi connectivity index (χ2v) is 4.74. The summed E-state index contributed by atoms with van der Waals surface area (Å²) in [5.74, 6) is 0.644. The number of benzene rings is 2. The number of hydrogen-bond donors (Lipinski definition) is 2. The number of nitrogens with one attached hydrogen (secondary N) is 1. The van der Waals surface area contributed by atoms with Crippen molar-refractivity contribution in [3.63, 3.8) is 0 Å². The molecule has 0 atom stereocenters. The van der Waals surface area contributed by atoms with Gasteiger partial charge in [-0.2, -0.15) is 0 Å². The van der Waals surface area contributed by atoms with Gasteiger partial charge in [-0.3, -0.25) is 0 Å². The van der Waals surface area contributed by atoms with Crippen molar-refractivity contribution >= 4 is 40.3 Å². The highest BCUT2D eigenvalue weighted by Crippen LogP contribution is 2.34. The fourth-order valence-electron chi connectivity index (χ4n) is 1.67. The Kier molecular flexibility index (Phi) is 4.40. The monoisotopic (exact) mass is 296 g/mol. The van der Waals surface area contributed by atoms with E-state index in [4.69, 9.17) is 33.7 Å². The molecule has 0 bridgehead atoms. The first-order chi connectivity index (χ1) is 9.11. The van der Waals surface area contributed by atoms with Gasteiger partial charge in [0.15, 0.2) is 0 Å². The first-order valence-corrected chi connectivity index (χ1v) is 6.60. The lowest BCUT2D eigenvalue weighted by Gasteiger charge is -2.14. The molecule has 0 amide bonds. The highest BCUT2D eigenvalue weighted by Gasteiger charge is 2.08. The summed E-state index contributed by atoms with van der Waals surface area (Å²) in [7, 11) is 0. The molecule has 100 valence electrons. The Morgan fingerprint density at radius 3 is 2.68 bits per heavy atom. The molecule has 5 heteroatoms. The van der Waals surface area contributed by atoms with Gasteiger partial charge in [-0.1, -0.05) is 29.3 Å². The van der Waals surface area contributed by atoms with E-state index in [1.165, 1.54) is 0 Å². The number of halogens is 2. The van der Waals surface area contributed by atoms with Crippen molar-refractivity contribution in [3.05, 3.63) is 46.4 Å². The van der Waals surface area contributed by atoms with Crippen molar-refractivity contribution in [3.8, 4) is 5.75 Å². The van der Waals surface area contributed by atoms with E-state index in [9.17, 15) is 0 Å². The fraction of sp³-hybridized carbons (Fsp3) is 0.143. The van der Waals surface area contributed by atoms with Crippen molar-refractivity contribution in [1.29, 1.82) is 0 Å². The van der Waals surface area contributed by atoms with Crippen LogP contribution in [0.1, 0.15) is 6.92 Å². The molecule has 0 aliphatic rings. The van der Waals surface area contributed by atoms with E-state index in [1.807, 2.05) is 25.1 Å². The molecule has 0 aromatic heterocycles. The average molecular weight is 297 g/mol. The Morgan fingerprint density at radius 2 is 1.95 bits per heavy atom. The van der Waals surface area contributed by atoms with E-state index in [2.05, 4.69) is 5.32 Å². The van der Waals surface area contributed by atoms with Crippen LogP contribution in [0.3, 0.4) is 0 Å². The van der Waals surface area contributed by atoms with Gasteiger partial charge in [0.1, 0.15) is 5.75 Å². The maximum atomic E-state index is 6.11. The van der Waals surface area contributed by atoms with Crippen LogP contribution in [0, 0.1) is 0 Å². The summed E-state index contributed by atoms with van der Waals surface area (Å²) in [5.41, 5.74) is 8.02. The predicted molar refractivity (Wildman–Crippen MR) is 81.8 cm³/mol. The van der Waals surface area contributed by atoms with Crippen LogP contribution in [0.25, 0.3) is 0 Å². The van der Waals surface area contributed by atoms with Gasteiger partial charge in [-0.25, -0.2) is 0 Å². The number of nitrogens with two attached hydrogens (primary N) is 1. The SMILES string of the molecule is CCOc1cccc(Nc2cc(Cl)ccc2Cl)c1N. The number of anilines is 3. The van der Waals surface area contributed by atoms with Crippen LogP contribution in [0.15, 0.2) is 36.4 Å². The summed E-state index contributed by atoms with van der Waals surface area (Å²) < 4.78 is 5.44. The number of para-hydroxylation sites is 1. The van der Waals surface area contributed by atoms with E-state index >= 15 is 0 Å². The molecule has 0 radical (unpaired) electrons. The van der Waals surface area contributed by atoms with Crippen molar-refractivity contribution in [2.75, 3.05) is 17.7 Å². The minimum absolute atomic E-state index is 0.542. The molecular formula is C14H14Cl2N2O. The normalized spacial score (nSPS) is 10.3. The lowest BCUT2D eigenvalue weighted by molar-refractivity contribution is 0.342. The number of ether oxygens (including phenoxy) is 1. The van der Waals surface area contributed by atoms with Gasteiger partial charge in [-0.15, -0.1) is 0 Å². The van der Waals surface area contributed by atoms with E-state index in [0.717, 1.165) is 5.69 Å². The van der Waals surface area contributed by atoms with Crippen LogP contribution in [0.5, 0.6) is 5.75 Å². The minimum Gasteiger partial charge on any atom is -0.492 e. The molecule has 0 saturated heterocycles. The Labute approximate surface area is 122 Å². The van der Waals surface area contributed by atoms with Crippen LogP contribution in [0.4, 0.5) is 17.1 Å². The Hall–Kier alpha value is -1.58. The summed E-state index contributed by atoms with van der Waals surface area (Å²) in [6.07, 6.45) is 0. The van der Waals surface area contributed by atoms with Gasteiger partial charge in [0.05, 0.1) is 28.7 Å². The fourth-order valence-corrected chi connectivity index (χ4v) is 2.01. The minimum atomic E-state index is 0.542. The molecule has 0 fully saturated rings. The largest absolute Gasteiger partial charge is 0.492 e. The molecule has 2 aromatic carbocycles. The summed E-state index contributed by atoms with van der Waals surface area (Å²) in [6.45, 7) is 2.47. The van der Waals surface area contributed by atoms with Crippen LogP contribution in [-0.4, -0.2) is 6.61 Å². The van der Waals surface area contributed by atoms with Crippen molar-refractivity contribution in [2.24, 2.45) is 0 Å². The van der Waals surface area contributed by atoms with E-state index in [1.54, 1.807) is 18.2 Å². The van der Waals surface area contributed by atoms with Gasteiger partial charge in [-0.05, 0) is 37.3 Å². The van der Waals surface area contributed by atoms with Gasteiger partial charge >= 0.3 is 0 Å². The van der Waals surface area contributed by atoms with E-state index < -0.39 is 0 Å². The van der Waals surface area contributed by atoms with Gasteiger partial charge in [0, 0.05) is 5.02 Å². The van der Waals surface area contributed by atoms with E-state index in [-0.39, 0.29) is 0 Å². The summed E-state index contributed by atoms with van der Waals surface area (Å²) in [4.78, 5) is 0. The molecule has 0 heterocycles. The third-order valence-electron chi connectivity index (χ3n) is 2.56. The highest BCUT2D eigenvalue weighted by molar-refractivity contribution is 6.35. The molecule has 0 unspecified atom stereocenters. The molecule has 2 aromatic rings. The molecule has 3 nitrogen and oxygen atoms in total. The van der Waals surface area contributed by atoms with E-state index in [0.29, 0.717) is 33.8 Å². The average Bonchev–Trinajstić information content (AvgIpc) is 2.39. The maximum absolute atomic E-state index is 6.11. The van der Waals surface area contributed by atoms with Crippen LogP contribution < -0.4 is 15.8 Å². The van der Waals surface area contributed by atoms with Crippen LogP contribution in [0.2, 0.25) is 10.0 Å². The highest BCUT2D eigenvalue weighted by atomic mass is 35.5. The third kappa shape index (κ3) is 3.25. The zero-order valence-electron chi connectivity index (χ0n) is 10.4. The first kappa shape index (κ1) is 13.8. The molecule has 0 spiro atoms. The van der Waals surface area contributed by atoms with Crippen molar-refractivity contribution in [1.82, 2.24) is 0 Å². The summed E-state index contributed by atoms with van der Waals surface area (Å²) in [5, 5.41) is 4.34. The smallest absolute Gasteiger partial charge is 0.144 e. The quantitative estimate of drug-likeness (QED) is 0.803. The number of rotatable bonds is 4. The number of hydrogen-bond acceptors (Lipinski definition) is 3. The molecule has 0 saturated carbocycles. The third-order valence-corrected chi connectivity index (χ3v) is 3.13. The van der Waals surface area contributed by atoms with Crippen LogP contribution >= 0.6 is 23.2 Å². The zero-order valence-corrected chi connectivity index (χ0v) is 11.9. The molecule has 0 aliphatic heterocycles. The second kappa shape index (κ2) is 6.04. The predicted octanol–water partition coefficient (Wildman–Crippen LogP) is 4.72. The van der Waals surface area contributed by atoms with Crippen LogP contribution in [-0.2, 0) is 0 Å². The maximum Gasteiger partial charge on any atom is 0.144 e. The Morgan fingerprint density at radius 1 is 1.16 bits per heavy atom. The molecule has 19 heavy (non-hydrogen) atoms. The second-order valence-electron chi connectivity index (χ2n) is 3.90. The lowest BCUT2D eigenvalue weighted by Crippen LogP contribution is -2.01. The first-order valence-electron chi connectivity index (χ1n) is 5.85. The molecule has 0 aliphatic carbocycles. The molecule has 2 rings (SSSR count). The topological polar surface area (TPSA) is 47.3 Å². The Bertz CT molecular complexity index is 588. The lowest BCUT2D eigenvalue weighted by atomic mass is 10.2. The molecular weight excluding hydrogens is 283 g/mol. The van der Waals surface area contributed by atoms with Gasteiger partial charge < -0.3 is 15.8 Å². The zero-order chi connectivity index (χ0) is 13.8. The summed E-state index contributed by atoms with van der Waals surface area (Å²) in [6, 6.07) is 10.8.